The zero-order valence-corrected chi connectivity index (χ0v) is 16.1. The highest BCUT2D eigenvalue weighted by atomic mass is 16.6. The first kappa shape index (κ1) is 18.9. The number of ether oxygens (including phenoxy) is 2. The standard InChI is InChI=1S/C20H25N3O5/c1-13-11-22(12-20(28-13)7-10-27-14(20)2)19(26)21-8-9-23-17(24)15-5-3-4-6-16(15)18(23)25/h3-6,13-14H,7-12H2,1-2H3,(H,21,26). The van der Waals surface area contributed by atoms with Crippen molar-refractivity contribution in [3.05, 3.63) is 35.4 Å². The van der Waals surface area contributed by atoms with Gasteiger partial charge in [0.05, 0.1) is 29.9 Å². The summed E-state index contributed by atoms with van der Waals surface area (Å²) in [5.41, 5.74) is 0.369. The molecular weight excluding hydrogens is 362 g/mol. The number of morpholine rings is 1. The lowest BCUT2D eigenvalue weighted by atomic mass is 9.93. The van der Waals surface area contributed by atoms with E-state index in [1.54, 1.807) is 29.2 Å². The van der Waals surface area contributed by atoms with E-state index >= 15 is 0 Å². The molecule has 1 aromatic carbocycles. The van der Waals surface area contributed by atoms with E-state index in [-0.39, 0.29) is 43.1 Å². The van der Waals surface area contributed by atoms with Crippen molar-refractivity contribution in [3.8, 4) is 0 Å². The van der Waals surface area contributed by atoms with Gasteiger partial charge in [-0.25, -0.2) is 4.79 Å². The Kier molecular flexibility index (Phi) is 4.84. The predicted molar refractivity (Wildman–Crippen MR) is 100 cm³/mol. The van der Waals surface area contributed by atoms with Gasteiger partial charge in [0.2, 0.25) is 0 Å². The van der Waals surface area contributed by atoms with Crippen LogP contribution in [0.3, 0.4) is 0 Å². The van der Waals surface area contributed by atoms with Gasteiger partial charge in [0.25, 0.3) is 11.8 Å². The summed E-state index contributed by atoms with van der Waals surface area (Å²) in [6.07, 6.45) is 0.612. The Morgan fingerprint density at radius 1 is 1.21 bits per heavy atom. The molecule has 0 bridgehead atoms. The summed E-state index contributed by atoms with van der Waals surface area (Å²) in [5, 5.41) is 2.83. The zero-order chi connectivity index (χ0) is 19.9. The molecule has 0 aromatic heterocycles. The van der Waals surface area contributed by atoms with Gasteiger partial charge in [-0.05, 0) is 26.0 Å². The summed E-state index contributed by atoms with van der Waals surface area (Å²) in [7, 11) is 0. The van der Waals surface area contributed by atoms with Crippen molar-refractivity contribution in [1.82, 2.24) is 15.1 Å². The van der Waals surface area contributed by atoms with E-state index in [0.717, 1.165) is 6.42 Å². The largest absolute Gasteiger partial charge is 0.375 e. The number of nitrogens with one attached hydrogen (secondary N) is 1. The Bertz CT molecular complexity index is 778. The highest BCUT2D eigenvalue weighted by Crippen LogP contribution is 2.35. The smallest absolute Gasteiger partial charge is 0.317 e. The maximum atomic E-state index is 12.7. The molecule has 8 heteroatoms. The van der Waals surface area contributed by atoms with Crippen LogP contribution in [0.15, 0.2) is 24.3 Å². The minimum Gasteiger partial charge on any atom is -0.375 e. The quantitative estimate of drug-likeness (QED) is 0.789. The van der Waals surface area contributed by atoms with Crippen LogP contribution in [0.1, 0.15) is 41.0 Å². The topological polar surface area (TPSA) is 88.2 Å². The Balaban J connectivity index is 1.34. The molecule has 150 valence electrons. The van der Waals surface area contributed by atoms with E-state index in [9.17, 15) is 14.4 Å². The average Bonchev–Trinajstić information content (AvgIpc) is 3.13. The number of hydrogen-bond acceptors (Lipinski definition) is 5. The first-order valence-corrected chi connectivity index (χ1v) is 9.69. The van der Waals surface area contributed by atoms with Crippen LogP contribution in [-0.4, -0.2) is 78.2 Å². The van der Waals surface area contributed by atoms with Crippen molar-refractivity contribution in [1.29, 1.82) is 0 Å². The molecule has 1 N–H and O–H groups in total. The number of nitrogens with zero attached hydrogens (tertiary/aromatic N) is 2. The van der Waals surface area contributed by atoms with E-state index in [1.165, 1.54) is 4.90 Å². The number of fused-ring (bicyclic) bond motifs is 1. The molecule has 3 aliphatic heterocycles. The third-order valence-electron chi connectivity index (χ3n) is 5.78. The summed E-state index contributed by atoms with van der Waals surface area (Å²) < 4.78 is 11.8. The summed E-state index contributed by atoms with van der Waals surface area (Å²) in [6.45, 7) is 5.86. The van der Waals surface area contributed by atoms with E-state index in [0.29, 0.717) is 30.8 Å². The second-order valence-electron chi connectivity index (χ2n) is 7.68. The van der Waals surface area contributed by atoms with Gasteiger partial charge in [-0.3, -0.25) is 14.5 Å². The monoisotopic (exact) mass is 387 g/mol. The van der Waals surface area contributed by atoms with Gasteiger partial charge >= 0.3 is 6.03 Å². The lowest BCUT2D eigenvalue weighted by molar-refractivity contribution is -0.159. The number of imide groups is 1. The van der Waals surface area contributed by atoms with Crippen LogP contribution in [0.25, 0.3) is 0 Å². The Hall–Kier alpha value is -2.45. The van der Waals surface area contributed by atoms with Crippen LogP contribution in [0, 0.1) is 0 Å². The molecule has 3 aliphatic rings. The minimum atomic E-state index is -0.461. The lowest BCUT2D eigenvalue weighted by Crippen LogP contribution is -2.61. The molecule has 0 aliphatic carbocycles. The molecule has 1 spiro atoms. The lowest BCUT2D eigenvalue weighted by Gasteiger charge is -2.45. The number of rotatable bonds is 3. The Labute approximate surface area is 163 Å². The van der Waals surface area contributed by atoms with Crippen molar-refractivity contribution in [2.45, 2.75) is 38.1 Å². The fourth-order valence-electron chi connectivity index (χ4n) is 4.28. The molecular formula is C20H25N3O5. The number of carbonyl (C=O) groups excluding carboxylic acids is 3. The van der Waals surface area contributed by atoms with Gasteiger partial charge in [0.1, 0.15) is 5.60 Å². The van der Waals surface area contributed by atoms with Crippen LogP contribution in [0.4, 0.5) is 4.79 Å². The highest BCUT2D eigenvalue weighted by molar-refractivity contribution is 6.21. The molecule has 28 heavy (non-hydrogen) atoms. The van der Waals surface area contributed by atoms with Gasteiger partial charge in [0.15, 0.2) is 0 Å². The molecule has 4 rings (SSSR count). The molecule has 2 fully saturated rings. The Morgan fingerprint density at radius 2 is 1.89 bits per heavy atom. The first-order chi connectivity index (χ1) is 13.4. The molecule has 3 heterocycles. The predicted octanol–water partition coefficient (Wildman–Crippen LogP) is 1.26. The van der Waals surface area contributed by atoms with Crippen molar-refractivity contribution in [2.75, 3.05) is 32.8 Å². The fourth-order valence-corrected chi connectivity index (χ4v) is 4.28. The maximum Gasteiger partial charge on any atom is 0.317 e. The van der Waals surface area contributed by atoms with E-state index in [1.807, 2.05) is 13.8 Å². The van der Waals surface area contributed by atoms with Gasteiger partial charge in [0, 0.05) is 32.7 Å². The number of benzene rings is 1. The molecule has 0 saturated carbocycles. The van der Waals surface area contributed by atoms with Gasteiger partial charge in [-0.2, -0.15) is 0 Å². The van der Waals surface area contributed by atoms with Crippen LogP contribution in [-0.2, 0) is 9.47 Å². The second-order valence-corrected chi connectivity index (χ2v) is 7.68. The number of urea groups is 1. The molecule has 0 radical (unpaired) electrons. The summed E-state index contributed by atoms with van der Waals surface area (Å²) in [6, 6.07) is 6.54. The van der Waals surface area contributed by atoms with E-state index < -0.39 is 5.60 Å². The first-order valence-electron chi connectivity index (χ1n) is 9.69. The van der Waals surface area contributed by atoms with E-state index in [2.05, 4.69) is 5.32 Å². The zero-order valence-electron chi connectivity index (χ0n) is 16.1. The van der Waals surface area contributed by atoms with Crippen molar-refractivity contribution < 1.29 is 23.9 Å². The van der Waals surface area contributed by atoms with Crippen LogP contribution in [0.5, 0.6) is 0 Å². The van der Waals surface area contributed by atoms with Crippen molar-refractivity contribution in [3.63, 3.8) is 0 Å². The summed E-state index contributed by atoms with van der Waals surface area (Å²) >= 11 is 0. The van der Waals surface area contributed by atoms with Gasteiger partial charge in [-0.1, -0.05) is 12.1 Å². The molecule has 8 nitrogen and oxygen atoms in total. The van der Waals surface area contributed by atoms with Crippen LogP contribution in [0.2, 0.25) is 0 Å². The average molecular weight is 387 g/mol. The summed E-state index contributed by atoms with van der Waals surface area (Å²) in [5.74, 6) is -0.628. The molecule has 3 atom stereocenters. The normalized spacial score (nSPS) is 29.5. The third-order valence-corrected chi connectivity index (χ3v) is 5.78. The molecule has 2 saturated heterocycles. The summed E-state index contributed by atoms with van der Waals surface area (Å²) in [4.78, 5) is 40.4. The molecule has 3 unspecified atom stereocenters. The number of hydrogen-bond donors (Lipinski definition) is 1. The second kappa shape index (κ2) is 7.18. The maximum absolute atomic E-state index is 12.7. The SMILES string of the molecule is CC1CN(C(=O)NCCN2C(=O)c3ccccc3C2=O)CC2(CCOC2C)O1. The molecule has 4 amide bonds. The van der Waals surface area contributed by atoms with Crippen molar-refractivity contribution in [2.24, 2.45) is 0 Å². The minimum absolute atomic E-state index is 0.0658. The van der Waals surface area contributed by atoms with Crippen molar-refractivity contribution >= 4 is 17.8 Å². The fraction of sp³-hybridized carbons (Fsp3) is 0.550. The highest BCUT2D eigenvalue weighted by Gasteiger charge is 2.48. The van der Waals surface area contributed by atoms with Crippen LogP contribution >= 0.6 is 0 Å². The van der Waals surface area contributed by atoms with E-state index in [4.69, 9.17) is 9.47 Å². The number of amides is 4. The van der Waals surface area contributed by atoms with Gasteiger partial charge < -0.3 is 19.7 Å². The third kappa shape index (κ3) is 3.16. The van der Waals surface area contributed by atoms with Crippen LogP contribution < -0.4 is 5.32 Å². The molecule has 1 aromatic rings. The van der Waals surface area contributed by atoms with Gasteiger partial charge in [-0.15, -0.1) is 0 Å². The Morgan fingerprint density at radius 3 is 2.50 bits per heavy atom. The number of carbonyl (C=O) groups is 3.